The lowest BCUT2D eigenvalue weighted by molar-refractivity contribution is -0.115. The van der Waals surface area contributed by atoms with Gasteiger partial charge in [0.05, 0.1) is 36.5 Å². The Kier molecular flexibility index (Phi) is 8.29. The van der Waals surface area contributed by atoms with Crippen LogP contribution in [0.25, 0.3) is 5.69 Å². The van der Waals surface area contributed by atoms with Crippen LogP contribution >= 0.6 is 11.8 Å². The van der Waals surface area contributed by atoms with E-state index < -0.39 is 5.25 Å². The Morgan fingerprint density at radius 1 is 1.05 bits per heavy atom. The van der Waals surface area contributed by atoms with Gasteiger partial charge < -0.3 is 19.2 Å². The fraction of sp³-hybridized carbons (Fsp3) is 0.241. The summed E-state index contributed by atoms with van der Waals surface area (Å²) in [6, 6.07) is 20.2. The molecule has 41 heavy (non-hydrogen) atoms. The second-order valence-electron chi connectivity index (χ2n) is 9.21. The van der Waals surface area contributed by atoms with Crippen LogP contribution in [0.15, 0.2) is 87.4 Å². The van der Waals surface area contributed by atoms with E-state index in [1.165, 1.54) is 16.4 Å². The molecular formula is C29H30N6O5S. The van der Waals surface area contributed by atoms with Gasteiger partial charge in [0, 0.05) is 7.05 Å². The number of carbonyl (C=O) groups excluding carboxylic acids is 1. The predicted octanol–water partition coefficient (Wildman–Crippen LogP) is 4.42. The molecule has 1 N–H and O–H groups in total. The minimum Gasteiger partial charge on any atom is -0.497 e. The molecule has 5 aromatic rings. The van der Waals surface area contributed by atoms with Crippen molar-refractivity contribution in [2.45, 2.75) is 37.4 Å². The van der Waals surface area contributed by atoms with Crippen molar-refractivity contribution in [1.29, 1.82) is 0 Å². The van der Waals surface area contributed by atoms with E-state index >= 15 is 0 Å². The molecule has 0 saturated heterocycles. The molecule has 0 saturated carbocycles. The maximum absolute atomic E-state index is 13.3. The van der Waals surface area contributed by atoms with Crippen LogP contribution in [0.1, 0.15) is 24.2 Å². The molecule has 11 nitrogen and oxygen atoms in total. The number of ether oxygens (including phenoxy) is 2. The van der Waals surface area contributed by atoms with Crippen molar-refractivity contribution in [2.24, 2.45) is 7.05 Å². The summed E-state index contributed by atoms with van der Waals surface area (Å²) < 4.78 is 21.8. The van der Waals surface area contributed by atoms with E-state index in [-0.39, 0.29) is 23.8 Å². The van der Waals surface area contributed by atoms with Crippen LogP contribution < -0.4 is 20.3 Å². The molecule has 12 heteroatoms. The van der Waals surface area contributed by atoms with Crippen molar-refractivity contribution in [3.63, 3.8) is 0 Å². The van der Waals surface area contributed by atoms with Gasteiger partial charge in [0.15, 0.2) is 11.0 Å². The van der Waals surface area contributed by atoms with Crippen LogP contribution in [-0.4, -0.2) is 42.4 Å². The number of para-hydroxylation sites is 1. The first-order valence-electron chi connectivity index (χ1n) is 12.9. The highest BCUT2D eigenvalue weighted by Crippen LogP contribution is 2.26. The predicted molar refractivity (Wildman–Crippen MR) is 155 cm³/mol. The number of methoxy groups -OCH3 is 1. The number of anilines is 1. The molecule has 0 aliphatic heterocycles. The second kappa shape index (κ2) is 12.2. The molecule has 1 atom stereocenters. The van der Waals surface area contributed by atoms with Gasteiger partial charge in [-0.05, 0) is 62.4 Å². The number of aromatic nitrogens is 5. The minimum atomic E-state index is -0.589. The zero-order valence-electron chi connectivity index (χ0n) is 23.1. The molecule has 0 bridgehead atoms. The quantitative estimate of drug-likeness (QED) is 0.230. The Hall–Kier alpha value is -4.71. The lowest BCUT2D eigenvalue weighted by atomic mass is 10.3. The zero-order chi connectivity index (χ0) is 28.9. The number of nitrogens with one attached hydrogen (secondary N) is 1. The van der Waals surface area contributed by atoms with Crippen LogP contribution in [-0.2, 0) is 25.0 Å². The molecule has 0 radical (unpaired) electrons. The standard InChI is InChI=1S/C29H30N6O5S/c1-19-26(28(37)35(33(19)3)21-9-6-5-7-10-21)30-27(36)20(2)41-29-32-31-25(34(29)17-24-11-8-16-39-24)18-40-23-14-12-22(38-4)13-15-23/h5-16,20H,17-18H2,1-4H3,(H,30,36). The minimum absolute atomic E-state index is 0.156. The topological polar surface area (TPSA) is 118 Å². The zero-order valence-corrected chi connectivity index (χ0v) is 23.9. The summed E-state index contributed by atoms with van der Waals surface area (Å²) in [7, 11) is 3.39. The maximum Gasteiger partial charge on any atom is 0.295 e. The highest BCUT2D eigenvalue weighted by atomic mass is 32.2. The van der Waals surface area contributed by atoms with Crippen molar-refractivity contribution >= 4 is 23.4 Å². The highest BCUT2D eigenvalue weighted by Gasteiger charge is 2.24. The average molecular weight is 575 g/mol. The first kappa shape index (κ1) is 27.8. The number of nitrogens with zero attached hydrogens (tertiary/aromatic N) is 5. The van der Waals surface area contributed by atoms with Crippen molar-refractivity contribution in [2.75, 3.05) is 12.4 Å². The molecular weight excluding hydrogens is 544 g/mol. The molecule has 5 rings (SSSR count). The van der Waals surface area contributed by atoms with Gasteiger partial charge in [0.25, 0.3) is 5.56 Å². The first-order valence-corrected chi connectivity index (χ1v) is 13.8. The van der Waals surface area contributed by atoms with Crippen LogP contribution in [0.2, 0.25) is 0 Å². The van der Waals surface area contributed by atoms with Crippen LogP contribution in [0.4, 0.5) is 5.69 Å². The van der Waals surface area contributed by atoms with Crippen LogP contribution in [0.3, 0.4) is 0 Å². The summed E-state index contributed by atoms with van der Waals surface area (Å²) in [6.07, 6.45) is 1.60. The molecule has 1 unspecified atom stereocenters. The lowest BCUT2D eigenvalue weighted by Crippen LogP contribution is -2.27. The fourth-order valence-electron chi connectivity index (χ4n) is 4.20. The highest BCUT2D eigenvalue weighted by molar-refractivity contribution is 8.00. The number of thioether (sulfide) groups is 1. The van der Waals surface area contributed by atoms with Gasteiger partial charge >= 0.3 is 0 Å². The Labute approximate surface area is 240 Å². The van der Waals surface area contributed by atoms with E-state index in [4.69, 9.17) is 13.9 Å². The van der Waals surface area contributed by atoms with Crippen molar-refractivity contribution in [3.8, 4) is 17.2 Å². The number of hydrogen-bond donors (Lipinski definition) is 1. The van der Waals surface area contributed by atoms with Crippen LogP contribution in [0, 0.1) is 6.92 Å². The molecule has 0 aliphatic carbocycles. The smallest absolute Gasteiger partial charge is 0.295 e. The average Bonchev–Trinajstić information content (AvgIpc) is 3.69. The Bertz CT molecular complexity index is 1670. The first-order chi connectivity index (χ1) is 19.9. The number of amides is 1. The molecule has 3 heterocycles. The molecule has 0 fully saturated rings. The lowest BCUT2D eigenvalue weighted by Gasteiger charge is -2.13. The number of benzene rings is 2. The summed E-state index contributed by atoms with van der Waals surface area (Å²) in [6.45, 7) is 4.07. The third kappa shape index (κ3) is 6.07. The van der Waals surface area contributed by atoms with E-state index in [1.807, 2.05) is 65.2 Å². The van der Waals surface area contributed by atoms with Gasteiger partial charge in [-0.3, -0.25) is 18.8 Å². The summed E-state index contributed by atoms with van der Waals surface area (Å²) in [5.41, 5.74) is 1.28. The Balaban J connectivity index is 1.33. The summed E-state index contributed by atoms with van der Waals surface area (Å²) in [4.78, 5) is 26.5. The number of carbonyl (C=O) groups is 1. The third-order valence-electron chi connectivity index (χ3n) is 6.57. The summed E-state index contributed by atoms with van der Waals surface area (Å²) >= 11 is 1.23. The maximum atomic E-state index is 13.3. The van der Waals surface area contributed by atoms with Gasteiger partial charge in [-0.1, -0.05) is 30.0 Å². The Morgan fingerprint density at radius 3 is 2.46 bits per heavy atom. The monoisotopic (exact) mass is 574 g/mol. The van der Waals surface area contributed by atoms with Crippen molar-refractivity contribution in [1.82, 2.24) is 24.1 Å². The molecule has 0 spiro atoms. The van der Waals surface area contributed by atoms with Gasteiger partial charge in [0.2, 0.25) is 5.91 Å². The van der Waals surface area contributed by atoms with E-state index in [0.717, 1.165) is 5.75 Å². The SMILES string of the molecule is COc1ccc(OCc2nnc(SC(C)C(=O)Nc3c(C)n(C)n(-c4ccccc4)c3=O)n2Cc2ccco2)cc1. The van der Waals surface area contributed by atoms with Gasteiger partial charge in [-0.2, -0.15) is 0 Å². The molecule has 2 aromatic carbocycles. The third-order valence-corrected chi connectivity index (χ3v) is 7.65. The molecule has 0 aliphatic rings. The van der Waals surface area contributed by atoms with Crippen LogP contribution in [0.5, 0.6) is 11.5 Å². The molecule has 1 amide bonds. The summed E-state index contributed by atoms with van der Waals surface area (Å²) in [5, 5.41) is 11.4. The largest absolute Gasteiger partial charge is 0.497 e. The van der Waals surface area contributed by atoms with Gasteiger partial charge in [-0.25, -0.2) is 4.68 Å². The number of rotatable bonds is 11. The number of hydrogen-bond acceptors (Lipinski definition) is 8. The van der Waals surface area contributed by atoms with Gasteiger partial charge in [0.1, 0.15) is 29.6 Å². The summed E-state index contributed by atoms with van der Waals surface area (Å²) in [5.74, 6) is 2.33. The molecule has 3 aromatic heterocycles. The van der Waals surface area contributed by atoms with Crippen molar-refractivity contribution in [3.05, 3.63) is 101 Å². The molecule has 212 valence electrons. The van der Waals surface area contributed by atoms with E-state index in [9.17, 15) is 9.59 Å². The fourth-order valence-corrected chi connectivity index (χ4v) is 5.07. The van der Waals surface area contributed by atoms with E-state index in [1.54, 1.807) is 45.0 Å². The number of furan rings is 1. The van der Waals surface area contributed by atoms with E-state index in [0.29, 0.717) is 40.4 Å². The Morgan fingerprint density at radius 2 is 1.78 bits per heavy atom. The normalized spacial score (nSPS) is 11.8. The van der Waals surface area contributed by atoms with Crippen molar-refractivity contribution < 1.29 is 18.7 Å². The van der Waals surface area contributed by atoms with E-state index in [2.05, 4.69) is 15.5 Å². The second-order valence-corrected chi connectivity index (χ2v) is 10.5. The van der Waals surface area contributed by atoms with Gasteiger partial charge in [-0.15, -0.1) is 10.2 Å².